The Hall–Kier alpha value is -0.0400. The molecule has 0 aliphatic rings. The molecule has 0 radical (unpaired) electrons. The molecule has 0 saturated carbocycles. The van der Waals surface area contributed by atoms with Crippen LogP contribution in [0.15, 0.2) is 0 Å². The van der Waals surface area contributed by atoms with Crippen molar-refractivity contribution in [1.29, 1.82) is 0 Å². The maximum absolute atomic E-state index is 2.64. The Morgan fingerprint density at radius 1 is 1.07 bits per heavy atom. The van der Waals surface area contributed by atoms with E-state index in [1.807, 2.05) is 0 Å². The summed E-state index contributed by atoms with van der Waals surface area (Å²) in [5.74, 6) is 0.809. The van der Waals surface area contributed by atoms with Crippen molar-refractivity contribution in [3.05, 3.63) is 0 Å². The Morgan fingerprint density at radius 3 is 1.86 bits per heavy atom. The number of hydrogen-bond acceptors (Lipinski definition) is 1. The summed E-state index contributed by atoms with van der Waals surface area (Å²) in [6.07, 6.45) is 2.50. The van der Waals surface area contributed by atoms with E-state index in [4.69, 9.17) is 0 Å². The van der Waals surface area contributed by atoms with Crippen molar-refractivity contribution in [1.82, 2.24) is 4.90 Å². The van der Waals surface area contributed by atoms with Crippen molar-refractivity contribution in [2.75, 3.05) is 6.54 Å². The lowest BCUT2D eigenvalue weighted by Crippen LogP contribution is -2.49. The first-order chi connectivity index (χ1) is 6.35. The average Bonchev–Trinajstić information content (AvgIpc) is 2.12. The summed E-state index contributed by atoms with van der Waals surface area (Å²) < 4.78 is 0. The summed E-state index contributed by atoms with van der Waals surface area (Å²) >= 11 is 0. The molecule has 1 atom stereocenters. The van der Waals surface area contributed by atoms with E-state index in [2.05, 4.69) is 53.4 Å². The van der Waals surface area contributed by atoms with Gasteiger partial charge in [-0.1, -0.05) is 27.2 Å². The van der Waals surface area contributed by atoms with Crippen LogP contribution in [0.1, 0.15) is 61.3 Å². The van der Waals surface area contributed by atoms with Crippen molar-refractivity contribution < 1.29 is 0 Å². The first-order valence-electron chi connectivity index (χ1n) is 6.11. The van der Waals surface area contributed by atoms with Crippen LogP contribution in [0.3, 0.4) is 0 Å². The Morgan fingerprint density at radius 2 is 1.57 bits per heavy atom. The van der Waals surface area contributed by atoms with Crippen molar-refractivity contribution >= 4 is 0 Å². The molecule has 1 nitrogen and oxygen atoms in total. The molecule has 0 heterocycles. The third-order valence-electron chi connectivity index (χ3n) is 3.47. The molecule has 0 N–H and O–H groups in total. The van der Waals surface area contributed by atoms with E-state index in [1.165, 1.54) is 19.4 Å². The standard InChI is InChI=1S/C13H29N/c1-8-12(5)10-14(11(3)4)13(6,7)9-2/h11-12H,8-10H2,1-7H3. The number of hydrogen-bond donors (Lipinski definition) is 0. The van der Waals surface area contributed by atoms with Crippen LogP contribution in [0, 0.1) is 5.92 Å². The second kappa shape index (κ2) is 5.75. The van der Waals surface area contributed by atoms with Crippen LogP contribution < -0.4 is 0 Å². The normalized spacial score (nSPS) is 15.2. The minimum absolute atomic E-state index is 0.345. The highest BCUT2D eigenvalue weighted by molar-refractivity contribution is 4.83. The molecule has 1 heteroatoms. The van der Waals surface area contributed by atoms with Crippen LogP contribution in [0.25, 0.3) is 0 Å². The van der Waals surface area contributed by atoms with Crippen molar-refractivity contribution in [2.45, 2.75) is 72.9 Å². The SMILES string of the molecule is CCC(C)CN(C(C)C)C(C)(C)CC. The van der Waals surface area contributed by atoms with Gasteiger partial charge in [0.25, 0.3) is 0 Å². The zero-order chi connectivity index (χ0) is 11.4. The Labute approximate surface area is 90.9 Å². The Kier molecular flexibility index (Phi) is 5.73. The summed E-state index contributed by atoms with van der Waals surface area (Å²) in [5, 5.41) is 0. The first-order valence-corrected chi connectivity index (χ1v) is 6.11. The zero-order valence-electron chi connectivity index (χ0n) is 11.2. The van der Waals surface area contributed by atoms with Gasteiger partial charge in [0.1, 0.15) is 0 Å². The molecule has 0 aromatic heterocycles. The van der Waals surface area contributed by atoms with Gasteiger partial charge in [0, 0.05) is 18.1 Å². The van der Waals surface area contributed by atoms with Crippen molar-refractivity contribution in [3.8, 4) is 0 Å². The van der Waals surface area contributed by atoms with E-state index in [-0.39, 0.29) is 0 Å². The van der Waals surface area contributed by atoms with Gasteiger partial charge >= 0.3 is 0 Å². The summed E-state index contributed by atoms with van der Waals surface area (Å²) in [6.45, 7) is 17.5. The minimum Gasteiger partial charge on any atom is -0.296 e. The fraction of sp³-hybridized carbons (Fsp3) is 1.00. The van der Waals surface area contributed by atoms with E-state index >= 15 is 0 Å². The van der Waals surface area contributed by atoms with Crippen LogP contribution in [0.5, 0.6) is 0 Å². The highest BCUT2D eigenvalue weighted by atomic mass is 15.2. The summed E-state index contributed by atoms with van der Waals surface area (Å²) in [5.41, 5.74) is 0.345. The van der Waals surface area contributed by atoms with E-state index < -0.39 is 0 Å². The summed E-state index contributed by atoms with van der Waals surface area (Å²) in [7, 11) is 0. The maximum atomic E-state index is 2.64. The lowest BCUT2D eigenvalue weighted by atomic mass is 9.95. The van der Waals surface area contributed by atoms with Gasteiger partial charge < -0.3 is 0 Å². The monoisotopic (exact) mass is 199 g/mol. The van der Waals surface area contributed by atoms with Gasteiger partial charge in [-0.05, 0) is 40.0 Å². The Bertz CT molecular complexity index is 149. The zero-order valence-corrected chi connectivity index (χ0v) is 11.2. The van der Waals surface area contributed by atoms with Gasteiger partial charge in [-0.15, -0.1) is 0 Å². The molecular formula is C13H29N. The molecular weight excluding hydrogens is 170 g/mol. The Balaban J connectivity index is 4.44. The van der Waals surface area contributed by atoms with Gasteiger partial charge in [-0.2, -0.15) is 0 Å². The minimum atomic E-state index is 0.345. The van der Waals surface area contributed by atoms with Gasteiger partial charge in [0.15, 0.2) is 0 Å². The van der Waals surface area contributed by atoms with Crippen LogP contribution in [-0.4, -0.2) is 23.0 Å². The highest BCUT2D eigenvalue weighted by Crippen LogP contribution is 2.23. The summed E-state index contributed by atoms with van der Waals surface area (Å²) in [6, 6.07) is 0.652. The van der Waals surface area contributed by atoms with Gasteiger partial charge in [0.2, 0.25) is 0 Å². The van der Waals surface area contributed by atoms with Crippen LogP contribution >= 0.6 is 0 Å². The third kappa shape index (κ3) is 4.00. The van der Waals surface area contributed by atoms with Gasteiger partial charge in [-0.3, -0.25) is 4.90 Å². The second-order valence-electron chi connectivity index (χ2n) is 5.43. The largest absolute Gasteiger partial charge is 0.296 e. The molecule has 0 aliphatic heterocycles. The molecule has 1 unspecified atom stereocenters. The molecule has 14 heavy (non-hydrogen) atoms. The second-order valence-corrected chi connectivity index (χ2v) is 5.43. The first kappa shape index (κ1) is 14.0. The predicted octanol–water partition coefficient (Wildman–Crippen LogP) is 3.93. The molecule has 0 bridgehead atoms. The topological polar surface area (TPSA) is 3.24 Å². The number of rotatable bonds is 6. The maximum Gasteiger partial charge on any atom is 0.0153 e. The van der Waals surface area contributed by atoms with E-state index in [9.17, 15) is 0 Å². The van der Waals surface area contributed by atoms with E-state index in [0.717, 1.165) is 5.92 Å². The van der Waals surface area contributed by atoms with Crippen LogP contribution in [-0.2, 0) is 0 Å². The van der Waals surface area contributed by atoms with Crippen LogP contribution in [0.2, 0.25) is 0 Å². The molecule has 0 amide bonds. The molecule has 0 saturated heterocycles. The van der Waals surface area contributed by atoms with Gasteiger partial charge in [0.05, 0.1) is 0 Å². The average molecular weight is 199 g/mol. The third-order valence-corrected chi connectivity index (χ3v) is 3.47. The highest BCUT2D eigenvalue weighted by Gasteiger charge is 2.27. The predicted molar refractivity (Wildman–Crippen MR) is 65.7 cm³/mol. The lowest BCUT2D eigenvalue weighted by Gasteiger charge is -2.42. The molecule has 0 aromatic carbocycles. The smallest absolute Gasteiger partial charge is 0.0153 e. The lowest BCUT2D eigenvalue weighted by molar-refractivity contribution is 0.0642. The summed E-state index contributed by atoms with van der Waals surface area (Å²) in [4.78, 5) is 2.64. The quantitative estimate of drug-likeness (QED) is 0.626. The van der Waals surface area contributed by atoms with E-state index in [1.54, 1.807) is 0 Å². The molecule has 0 fully saturated rings. The molecule has 86 valence electrons. The van der Waals surface area contributed by atoms with Gasteiger partial charge in [-0.25, -0.2) is 0 Å². The molecule has 0 rings (SSSR count). The fourth-order valence-electron chi connectivity index (χ4n) is 1.82. The van der Waals surface area contributed by atoms with E-state index in [0.29, 0.717) is 11.6 Å². The molecule has 0 aromatic rings. The van der Waals surface area contributed by atoms with Crippen molar-refractivity contribution in [3.63, 3.8) is 0 Å². The fourth-order valence-corrected chi connectivity index (χ4v) is 1.82. The number of nitrogens with zero attached hydrogens (tertiary/aromatic N) is 1. The molecule has 0 spiro atoms. The van der Waals surface area contributed by atoms with Crippen molar-refractivity contribution in [2.24, 2.45) is 5.92 Å². The van der Waals surface area contributed by atoms with Crippen LogP contribution in [0.4, 0.5) is 0 Å². The molecule has 0 aliphatic carbocycles.